The van der Waals surface area contributed by atoms with Crippen molar-refractivity contribution in [3.8, 4) is 0 Å². The van der Waals surface area contributed by atoms with Crippen molar-refractivity contribution in [3.63, 3.8) is 0 Å². The van der Waals surface area contributed by atoms with Gasteiger partial charge in [-0.3, -0.25) is 14.2 Å². The van der Waals surface area contributed by atoms with Crippen LogP contribution in [0.4, 0.5) is 4.39 Å². The van der Waals surface area contributed by atoms with Gasteiger partial charge in [-0.1, -0.05) is 30.0 Å². The average molecular weight is 472 g/mol. The highest BCUT2D eigenvalue weighted by atomic mass is 32.2. The fraction of sp³-hybridized carbons (Fsp3) is 0.375. The second kappa shape index (κ2) is 10.0. The van der Waals surface area contributed by atoms with Gasteiger partial charge >= 0.3 is 0 Å². The second-order valence-electron chi connectivity index (χ2n) is 7.91. The Labute approximate surface area is 194 Å². The molecule has 2 heterocycles. The number of thiophene rings is 1. The molecule has 4 rings (SSSR count). The smallest absolute Gasteiger partial charge is 0.263 e. The summed E-state index contributed by atoms with van der Waals surface area (Å²) in [7, 11) is 0. The minimum absolute atomic E-state index is 0.0438. The zero-order valence-corrected chi connectivity index (χ0v) is 19.7. The summed E-state index contributed by atoms with van der Waals surface area (Å²) >= 11 is 2.90. The van der Waals surface area contributed by atoms with Gasteiger partial charge < -0.3 is 5.32 Å². The molecule has 0 saturated heterocycles. The van der Waals surface area contributed by atoms with Crippen LogP contribution in [0.2, 0.25) is 0 Å². The van der Waals surface area contributed by atoms with Crippen LogP contribution in [0.5, 0.6) is 0 Å². The molecule has 5 nitrogen and oxygen atoms in total. The van der Waals surface area contributed by atoms with Crippen molar-refractivity contribution in [2.24, 2.45) is 0 Å². The van der Waals surface area contributed by atoms with Crippen molar-refractivity contribution in [2.45, 2.75) is 56.0 Å². The van der Waals surface area contributed by atoms with E-state index < -0.39 is 5.25 Å². The first-order valence-corrected chi connectivity index (χ1v) is 12.5. The first-order valence-electron chi connectivity index (χ1n) is 10.8. The molecule has 0 fully saturated rings. The van der Waals surface area contributed by atoms with Crippen LogP contribution in [0.25, 0.3) is 10.2 Å². The molecular formula is C24H26FN3O2S2. The van der Waals surface area contributed by atoms with E-state index in [0.717, 1.165) is 47.0 Å². The number of rotatable bonds is 8. The van der Waals surface area contributed by atoms with Crippen molar-refractivity contribution in [3.05, 3.63) is 69.1 Å². The third-order valence-corrected chi connectivity index (χ3v) is 7.93. The summed E-state index contributed by atoms with van der Waals surface area (Å²) in [6, 6.07) is 6.32. The molecule has 1 amide bonds. The van der Waals surface area contributed by atoms with E-state index in [2.05, 4.69) is 11.9 Å². The largest absolute Gasteiger partial charge is 0.352 e. The molecule has 168 valence electrons. The fourth-order valence-corrected chi connectivity index (χ4v) is 6.19. The SMILES string of the molecule is C=CCNC(=O)C(C)Sc1nc2sc3c(c2c(=O)n1CCc1ccc(F)cc1)CCCC3. The highest BCUT2D eigenvalue weighted by Gasteiger charge is 2.24. The molecule has 3 aromatic rings. The Morgan fingerprint density at radius 3 is 2.84 bits per heavy atom. The molecule has 0 spiro atoms. The van der Waals surface area contributed by atoms with Crippen LogP contribution in [0.15, 0.2) is 46.9 Å². The lowest BCUT2D eigenvalue weighted by molar-refractivity contribution is -0.120. The molecule has 0 bridgehead atoms. The number of nitrogens with zero attached hydrogens (tertiary/aromatic N) is 2. The molecule has 32 heavy (non-hydrogen) atoms. The van der Waals surface area contributed by atoms with Crippen molar-refractivity contribution in [2.75, 3.05) is 6.54 Å². The number of fused-ring (bicyclic) bond motifs is 3. The summed E-state index contributed by atoms with van der Waals surface area (Å²) in [6.45, 7) is 6.25. The van der Waals surface area contributed by atoms with Crippen molar-refractivity contribution in [1.82, 2.24) is 14.9 Å². The third kappa shape index (κ3) is 4.81. The zero-order chi connectivity index (χ0) is 22.7. The Hall–Kier alpha value is -2.45. The van der Waals surface area contributed by atoms with Crippen LogP contribution in [0.3, 0.4) is 0 Å². The van der Waals surface area contributed by atoms with Crippen LogP contribution in [0, 0.1) is 5.82 Å². The van der Waals surface area contributed by atoms with E-state index in [9.17, 15) is 14.0 Å². The fourth-order valence-electron chi connectivity index (χ4n) is 3.93. The maximum absolute atomic E-state index is 13.6. The van der Waals surface area contributed by atoms with Gasteiger partial charge in [0, 0.05) is 18.0 Å². The number of carbonyl (C=O) groups excluding carboxylic acids is 1. The minimum atomic E-state index is -0.411. The standard InChI is InChI=1S/C24H26FN3O2S2/c1-3-13-26-21(29)15(2)31-24-27-22-20(18-6-4-5-7-19(18)32-22)23(30)28(24)14-12-16-8-10-17(25)11-9-16/h3,8-11,15H,1,4-7,12-14H2,2H3,(H,26,29). The third-order valence-electron chi connectivity index (χ3n) is 5.65. The first-order chi connectivity index (χ1) is 15.5. The summed E-state index contributed by atoms with van der Waals surface area (Å²) in [5.74, 6) is -0.408. The lowest BCUT2D eigenvalue weighted by atomic mass is 9.97. The van der Waals surface area contributed by atoms with E-state index in [1.807, 2.05) is 6.92 Å². The number of halogens is 1. The number of thioether (sulfide) groups is 1. The van der Waals surface area contributed by atoms with Crippen molar-refractivity contribution >= 4 is 39.2 Å². The topological polar surface area (TPSA) is 64.0 Å². The van der Waals surface area contributed by atoms with Gasteiger partial charge in [-0.05, 0) is 62.3 Å². The van der Waals surface area contributed by atoms with Gasteiger partial charge in [-0.25, -0.2) is 9.37 Å². The van der Waals surface area contributed by atoms with Crippen molar-refractivity contribution < 1.29 is 9.18 Å². The molecular weight excluding hydrogens is 445 g/mol. The number of amides is 1. The van der Waals surface area contributed by atoms with Gasteiger partial charge in [-0.15, -0.1) is 17.9 Å². The number of hydrogen-bond acceptors (Lipinski definition) is 5. The predicted molar refractivity (Wildman–Crippen MR) is 129 cm³/mol. The summed E-state index contributed by atoms with van der Waals surface area (Å²) in [5.41, 5.74) is 2.05. The zero-order valence-electron chi connectivity index (χ0n) is 18.0. The highest BCUT2D eigenvalue weighted by molar-refractivity contribution is 8.00. The quantitative estimate of drug-likeness (QED) is 0.298. The highest BCUT2D eigenvalue weighted by Crippen LogP contribution is 2.35. The van der Waals surface area contributed by atoms with Crippen LogP contribution in [-0.4, -0.2) is 27.3 Å². The lowest BCUT2D eigenvalue weighted by Gasteiger charge is -2.16. The number of aryl methyl sites for hydroxylation is 3. The molecule has 1 aromatic carbocycles. The minimum Gasteiger partial charge on any atom is -0.352 e. The molecule has 0 saturated carbocycles. The molecule has 1 N–H and O–H groups in total. The normalized spacial score (nSPS) is 14.2. The average Bonchev–Trinajstić information content (AvgIpc) is 3.16. The van der Waals surface area contributed by atoms with Gasteiger partial charge in [0.1, 0.15) is 10.6 Å². The molecule has 0 radical (unpaired) electrons. The van der Waals surface area contributed by atoms with E-state index in [1.165, 1.54) is 28.8 Å². The van der Waals surface area contributed by atoms with Gasteiger partial charge in [0.15, 0.2) is 5.16 Å². The van der Waals surface area contributed by atoms with Gasteiger partial charge in [-0.2, -0.15) is 0 Å². The lowest BCUT2D eigenvalue weighted by Crippen LogP contribution is -2.32. The molecule has 1 aliphatic rings. The van der Waals surface area contributed by atoms with E-state index in [0.29, 0.717) is 24.7 Å². The summed E-state index contributed by atoms with van der Waals surface area (Å²) < 4.78 is 15.0. The Morgan fingerprint density at radius 2 is 2.09 bits per heavy atom. The van der Waals surface area contributed by atoms with E-state index >= 15 is 0 Å². The molecule has 1 aliphatic carbocycles. The van der Waals surface area contributed by atoms with E-state index in [1.54, 1.807) is 34.1 Å². The monoisotopic (exact) mass is 471 g/mol. The molecule has 1 atom stereocenters. The summed E-state index contributed by atoms with van der Waals surface area (Å²) in [6.07, 6.45) is 6.34. The Balaban J connectivity index is 1.71. The summed E-state index contributed by atoms with van der Waals surface area (Å²) in [4.78, 5) is 32.9. The van der Waals surface area contributed by atoms with E-state index in [-0.39, 0.29) is 17.3 Å². The van der Waals surface area contributed by atoms with Crippen LogP contribution >= 0.6 is 23.1 Å². The Bertz CT molecular complexity index is 1200. The van der Waals surface area contributed by atoms with E-state index in [4.69, 9.17) is 4.98 Å². The number of carbonyl (C=O) groups is 1. The first kappa shape index (κ1) is 22.7. The summed E-state index contributed by atoms with van der Waals surface area (Å²) in [5, 5.41) is 3.67. The number of benzene rings is 1. The molecule has 0 aliphatic heterocycles. The van der Waals surface area contributed by atoms with Crippen LogP contribution in [0.1, 0.15) is 35.8 Å². The van der Waals surface area contributed by atoms with Crippen LogP contribution < -0.4 is 10.9 Å². The molecule has 2 aromatic heterocycles. The number of nitrogens with one attached hydrogen (secondary N) is 1. The Kier molecular flexibility index (Phi) is 7.10. The van der Waals surface area contributed by atoms with Crippen LogP contribution in [-0.2, 0) is 30.6 Å². The van der Waals surface area contributed by atoms with Crippen molar-refractivity contribution in [1.29, 1.82) is 0 Å². The second-order valence-corrected chi connectivity index (χ2v) is 10.3. The predicted octanol–water partition coefficient (Wildman–Crippen LogP) is 4.50. The van der Waals surface area contributed by atoms with Gasteiger partial charge in [0.25, 0.3) is 5.56 Å². The molecule has 1 unspecified atom stereocenters. The number of hydrogen-bond donors (Lipinski definition) is 1. The maximum Gasteiger partial charge on any atom is 0.263 e. The van der Waals surface area contributed by atoms with Gasteiger partial charge in [0.2, 0.25) is 5.91 Å². The molecule has 8 heteroatoms. The Morgan fingerprint density at radius 1 is 1.34 bits per heavy atom. The number of aromatic nitrogens is 2. The maximum atomic E-state index is 13.6. The van der Waals surface area contributed by atoms with Gasteiger partial charge in [0.05, 0.1) is 10.6 Å².